The fraction of sp³-hybridized carbons (Fsp3) is 0.421. The summed E-state index contributed by atoms with van der Waals surface area (Å²) >= 11 is 0. The Hall–Kier alpha value is -2.77. The van der Waals surface area contributed by atoms with Crippen molar-refractivity contribution in [3.63, 3.8) is 0 Å². The van der Waals surface area contributed by atoms with E-state index in [0.717, 1.165) is 10.5 Å². The molecule has 1 fully saturated rings. The Kier molecular flexibility index (Phi) is 5.83. The highest BCUT2D eigenvalue weighted by Crippen LogP contribution is 2.34. The van der Waals surface area contributed by atoms with Gasteiger partial charge >= 0.3 is 6.61 Å². The Morgan fingerprint density at radius 2 is 1.70 bits per heavy atom. The lowest BCUT2D eigenvalue weighted by atomic mass is 9.85. The molecule has 3 rings (SSSR count). The lowest BCUT2D eigenvalue weighted by Gasteiger charge is -2.14. The van der Waals surface area contributed by atoms with Crippen molar-refractivity contribution < 1.29 is 27.9 Å². The standard InChI is InChI=1S/C19H20F2N2O4/c20-19(21)27-13-7-5-12(6-8-13)9-10-22-16(24)11-23-17(25)14-3-1-2-4-15(14)18(23)26/h1-2,5-8,14-15,19H,3-4,9-11H2,(H,22,24)/t14-,15-/m1/s1. The third kappa shape index (κ3) is 4.50. The number of alkyl halides is 2. The summed E-state index contributed by atoms with van der Waals surface area (Å²) in [6, 6.07) is 6.13. The van der Waals surface area contributed by atoms with Crippen molar-refractivity contribution in [3.05, 3.63) is 42.0 Å². The number of allylic oxidation sites excluding steroid dienone is 2. The monoisotopic (exact) mass is 378 g/mol. The van der Waals surface area contributed by atoms with Gasteiger partial charge in [0.25, 0.3) is 0 Å². The van der Waals surface area contributed by atoms with Gasteiger partial charge in [0.05, 0.1) is 11.8 Å². The van der Waals surface area contributed by atoms with E-state index in [9.17, 15) is 23.2 Å². The van der Waals surface area contributed by atoms with Crippen molar-refractivity contribution in [1.29, 1.82) is 0 Å². The van der Waals surface area contributed by atoms with Crippen molar-refractivity contribution in [1.82, 2.24) is 10.2 Å². The van der Waals surface area contributed by atoms with Crippen LogP contribution in [0.1, 0.15) is 18.4 Å². The molecule has 0 aromatic heterocycles. The van der Waals surface area contributed by atoms with E-state index in [4.69, 9.17) is 0 Å². The second-order valence-corrected chi connectivity index (χ2v) is 6.54. The summed E-state index contributed by atoms with van der Waals surface area (Å²) in [4.78, 5) is 37.8. The molecule has 1 aromatic carbocycles. The number of nitrogens with zero attached hydrogens (tertiary/aromatic N) is 1. The first-order valence-electron chi connectivity index (χ1n) is 8.76. The third-order valence-electron chi connectivity index (χ3n) is 4.78. The van der Waals surface area contributed by atoms with Crippen LogP contribution in [-0.2, 0) is 20.8 Å². The van der Waals surface area contributed by atoms with Gasteiger partial charge in [-0.05, 0) is 37.0 Å². The number of fused-ring (bicyclic) bond motifs is 1. The number of halogens is 2. The number of imide groups is 1. The highest BCUT2D eigenvalue weighted by molar-refractivity contribution is 6.07. The van der Waals surface area contributed by atoms with E-state index in [-0.39, 0.29) is 35.9 Å². The van der Waals surface area contributed by atoms with Crippen LogP contribution in [0.4, 0.5) is 8.78 Å². The second-order valence-electron chi connectivity index (χ2n) is 6.54. The molecule has 0 unspecified atom stereocenters. The molecule has 27 heavy (non-hydrogen) atoms. The van der Waals surface area contributed by atoms with Gasteiger partial charge in [-0.25, -0.2) is 0 Å². The van der Waals surface area contributed by atoms with Crippen molar-refractivity contribution in [2.24, 2.45) is 11.8 Å². The van der Waals surface area contributed by atoms with Crippen LogP contribution in [0.2, 0.25) is 0 Å². The quantitative estimate of drug-likeness (QED) is 0.581. The first-order chi connectivity index (χ1) is 13.0. The van der Waals surface area contributed by atoms with Crippen LogP contribution in [-0.4, -0.2) is 42.3 Å². The number of ether oxygens (including phenoxy) is 1. The number of carbonyl (C=O) groups excluding carboxylic acids is 3. The van der Waals surface area contributed by atoms with Crippen LogP contribution in [0, 0.1) is 11.8 Å². The van der Waals surface area contributed by atoms with Crippen LogP contribution in [0.3, 0.4) is 0 Å². The Morgan fingerprint density at radius 1 is 1.11 bits per heavy atom. The molecule has 0 bridgehead atoms. The van der Waals surface area contributed by atoms with Gasteiger partial charge in [0.1, 0.15) is 12.3 Å². The largest absolute Gasteiger partial charge is 0.435 e. The number of amides is 3. The van der Waals surface area contributed by atoms with E-state index < -0.39 is 12.5 Å². The minimum Gasteiger partial charge on any atom is -0.435 e. The molecule has 1 heterocycles. The molecule has 3 amide bonds. The summed E-state index contributed by atoms with van der Waals surface area (Å²) in [5.41, 5.74) is 0.835. The number of benzene rings is 1. The Balaban J connectivity index is 1.45. The molecule has 2 aliphatic rings. The van der Waals surface area contributed by atoms with Crippen molar-refractivity contribution in [3.8, 4) is 5.75 Å². The van der Waals surface area contributed by atoms with Gasteiger partial charge < -0.3 is 10.1 Å². The molecule has 1 aliphatic carbocycles. The number of likely N-dealkylation sites (tertiary alicyclic amines) is 1. The Labute approximate surface area is 155 Å². The average Bonchev–Trinajstić information content (AvgIpc) is 2.88. The number of hydrogen-bond donors (Lipinski definition) is 1. The summed E-state index contributed by atoms with van der Waals surface area (Å²) < 4.78 is 28.5. The number of hydrogen-bond acceptors (Lipinski definition) is 4. The van der Waals surface area contributed by atoms with Crippen LogP contribution < -0.4 is 10.1 Å². The third-order valence-corrected chi connectivity index (χ3v) is 4.78. The second kappa shape index (κ2) is 8.28. The molecule has 2 atom stereocenters. The zero-order chi connectivity index (χ0) is 19.4. The summed E-state index contributed by atoms with van der Waals surface area (Å²) in [7, 11) is 0. The average molecular weight is 378 g/mol. The minimum absolute atomic E-state index is 0.0693. The van der Waals surface area contributed by atoms with Gasteiger partial charge in [-0.1, -0.05) is 24.3 Å². The number of nitrogens with one attached hydrogen (secondary N) is 1. The van der Waals surface area contributed by atoms with Crippen LogP contribution in [0.5, 0.6) is 5.75 Å². The number of rotatable bonds is 7. The first kappa shape index (κ1) is 19.0. The molecule has 8 heteroatoms. The number of carbonyl (C=O) groups is 3. The lowest BCUT2D eigenvalue weighted by Crippen LogP contribution is -2.41. The van der Waals surface area contributed by atoms with Gasteiger partial charge in [-0.2, -0.15) is 8.78 Å². The van der Waals surface area contributed by atoms with Gasteiger partial charge in [-0.3, -0.25) is 19.3 Å². The van der Waals surface area contributed by atoms with E-state index in [2.05, 4.69) is 10.1 Å². The molecule has 0 radical (unpaired) electrons. The van der Waals surface area contributed by atoms with Crippen LogP contribution in [0.15, 0.2) is 36.4 Å². The van der Waals surface area contributed by atoms with Crippen molar-refractivity contribution in [2.45, 2.75) is 25.9 Å². The zero-order valence-electron chi connectivity index (χ0n) is 14.6. The molecule has 144 valence electrons. The van der Waals surface area contributed by atoms with Gasteiger partial charge in [0.2, 0.25) is 17.7 Å². The minimum atomic E-state index is -2.87. The fourth-order valence-corrected chi connectivity index (χ4v) is 3.41. The molecule has 1 aliphatic heterocycles. The zero-order valence-corrected chi connectivity index (χ0v) is 14.6. The molecular weight excluding hydrogens is 358 g/mol. The van der Waals surface area contributed by atoms with Gasteiger partial charge in [0.15, 0.2) is 0 Å². The highest BCUT2D eigenvalue weighted by Gasteiger charge is 2.47. The van der Waals surface area contributed by atoms with E-state index in [1.807, 2.05) is 12.2 Å². The highest BCUT2D eigenvalue weighted by atomic mass is 19.3. The Morgan fingerprint density at radius 3 is 2.26 bits per heavy atom. The topological polar surface area (TPSA) is 75.7 Å². The Bertz CT molecular complexity index is 723. The summed E-state index contributed by atoms with van der Waals surface area (Å²) in [5.74, 6) is -1.58. The SMILES string of the molecule is O=C(CN1C(=O)[C@@H]2CC=CC[C@H]2C1=O)NCCc1ccc(OC(F)F)cc1. The smallest absolute Gasteiger partial charge is 0.387 e. The van der Waals surface area contributed by atoms with Crippen molar-refractivity contribution >= 4 is 17.7 Å². The van der Waals surface area contributed by atoms with Crippen LogP contribution >= 0.6 is 0 Å². The maximum atomic E-state index is 12.3. The van der Waals surface area contributed by atoms with E-state index in [1.165, 1.54) is 12.1 Å². The molecule has 1 aromatic rings. The summed E-state index contributed by atoms with van der Waals surface area (Å²) in [6.45, 7) is -2.84. The summed E-state index contributed by atoms with van der Waals surface area (Å²) in [6.07, 6.45) is 5.36. The molecule has 1 saturated heterocycles. The van der Waals surface area contributed by atoms with E-state index >= 15 is 0 Å². The maximum absolute atomic E-state index is 12.3. The van der Waals surface area contributed by atoms with E-state index in [0.29, 0.717) is 25.8 Å². The van der Waals surface area contributed by atoms with Gasteiger partial charge in [0, 0.05) is 6.54 Å². The van der Waals surface area contributed by atoms with Crippen molar-refractivity contribution in [2.75, 3.05) is 13.1 Å². The normalized spacial score (nSPS) is 21.5. The van der Waals surface area contributed by atoms with Gasteiger partial charge in [-0.15, -0.1) is 0 Å². The fourth-order valence-electron chi connectivity index (χ4n) is 3.41. The molecule has 0 saturated carbocycles. The predicted octanol–water partition coefficient (Wildman–Crippen LogP) is 1.90. The molecular formula is C19H20F2N2O4. The van der Waals surface area contributed by atoms with E-state index in [1.54, 1.807) is 12.1 Å². The molecule has 1 N–H and O–H groups in total. The molecule has 0 spiro atoms. The lowest BCUT2D eigenvalue weighted by molar-refractivity contribution is -0.143. The first-order valence-corrected chi connectivity index (χ1v) is 8.76. The predicted molar refractivity (Wildman–Crippen MR) is 91.9 cm³/mol. The molecule has 6 nitrogen and oxygen atoms in total. The summed E-state index contributed by atoms with van der Waals surface area (Å²) in [5, 5.41) is 2.68. The maximum Gasteiger partial charge on any atom is 0.387 e. The van der Waals surface area contributed by atoms with Crippen LogP contribution in [0.25, 0.3) is 0 Å².